The largest absolute Gasteiger partial charge is 0.456 e. The molecule has 1 aliphatic heterocycles. The standard InChI is InChI=1S/C50H67NO16/c1-13-60-30(5)63-39(37(31-20-16-14-17-21-31)51-45(57)67-46(6,7)8)44(56)64-33-25-50(58)42(65-43(55)32-22-18-15-19-23-32)40-48(11,34(54)24-35-49(40,26-61-35)66-29(4)53)41(59-12)38(62-28(3)52)36(27(33)2)47(50,9)10/h14-23,30,33-35,37-42,54,58H,13,24-26H2,1-12H3,(H,51,57)/t30?,33-,34-,35+,37-,38+,39+,40-,41-,42-,48+,49-,50+/m0/s1. The Bertz CT molecular complexity index is 2170. The fourth-order valence-corrected chi connectivity index (χ4v) is 11.0. The first-order valence-electron chi connectivity index (χ1n) is 22.8. The molecule has 17 heteroatoms. The lowest BCUT2D eigenvalue weighted by atomic mass is 9.44. The number of rotatable bonds is 14. The molecule has 3 aliphatic carbocycles. The highest BCUT2D eigenvalue weighted by molar-refractivity contribution is 5.89. The number of carbonyl (C=O) groups is 5. The van der Waals surface area contributed by atoms with Crippen LogP contribution in [0.5, 0.6) is 0 Å². The molecule has 2 saturated carbocycles. The van der Waals surface area contributed by atoms with Crippen molar-refractivity contribution in [2.45, 2.75) is 161 Å². The summed E-state index contributed by atoms with van der Waals surface area (Å²) >= 11 is 0. The first-order valence-corrected chi connectivity index (χ1v) is 22.8. The number of hydrogen-bond acceptors (Lipinski definition) is 16. The molecule has 13 atom stereocenters. The number of carbonyl (C=O) groups excluding carboxylic acids is 5. The Morgan fingerprint density at radius 1 is 0.910 bits per heavy atom. The predicted octanol–water partition coefficient (Wildman–Crippen LogP) is 5.68. The summed E-state index contributed by atoms with van der Waals surface area (Å²) in [5.41, 5.74) is -6.81. The minimum Gasteiger partial charge on any atom is -0.456 e. The molecular formula is C50H67NO16. The molecule has 2 aromatic carbocycles. The van der Waals surface area contributed by atoms with Crippen LogP contribution in [0.3, 0.4) is 0 Å². The Hall–Kier alpha value is -4.91. The van der Waals surface area contributed by atoms with Gasteiger partial charge in [-0.05, 0) is 70.4 Å². The maximum absolute atomic E-state index is 15.1. The molecule has 3 N–H and O–H groups in total. The second-order valence-corrected chi connectivity index (χ2v) is 19.7. The van der Waals surface area contributed by atoms with Gasteiger partial charge in [-0.25, -0.2) is 14.4 Å². The van der Waals surface area contributed by atoms with Gasteiger partial charge >= 0.3 is 30.0 Å². The summed E-state index contributed by atoms with van der Waals surface area (Å²) in [6.07, 6.45) is -12.0. The summed E-state index contributed by atoms with van der Waals surface area (Å²) < 4.78 is 55.6. The Morgan fingerprint density at radius 2 is 1.54 bits per heavy atom. The summed E-state index contributed by atoms with van der Waals surface area (Å²) in [5, 5.41) is 29.2. The van der Waals surface area contributed by atoms with Crippen LogP contribution in [0.1, 0.15) is 111 Å². The van der Waals surface area contributed by atoms with Gasteiger partial charge in [0, 0.05) is 51.2 Å². The van der Waals surface area contributed by atoms with Gasteiger partial charge in [-0.3, -0.25) is 9.59 Å². The Morgan fingerprint density at radius 3 is 2.07 bits per heavy atom. The van der Waals surface area contributed by atoms with E-state index in [1.807, 2.05) is 0 Å². The molecule has 1 amide bonds. The molecule has 1 unspecified atom stereocenters. The highest BCUT2D eigenvalue weighted by Gasteiger charge is 2.78. The smallest absolute Gasteiger partial charge is 0.408 e. The molecule has 4 aliphatic rings. The van der Waals surface area contributed by atoms with Crippen LogP contribution in [0.15, 0.2) is 71.8 Å². The third-order valence-electron chi connectivity index (χ3n) is 14.0. The number of fused-ring (bicyclic) bond motifs is 5. The molecule has 2 bridgehead atoms. The van der Waals surface area contributed by atoms with Gasteiger partial charge in [0.15, 0.2) is 24.1 Å². The van der Waals surface area contributed by atoms with Crippen LogP contribution in [0.25, 0.3) is 0 Å². The Balaban J connectivity index is 1.59. The van der Waals surface area contributed by atoms with E-state index < -0.39 is 125 Å². The van der Waals surface area contributed by atoms with Gasteiger partial charge < -0.3 is 58.2 Å². The quantitative estimate of drug-likeness (QED) is 0.0897. The van der Waals surface area contributed by atoms with Crippen LogP contribution >= 0.6 is 0 Å². The van der Waals surface area contributed by atoms with Crippen LogP contribution in [0, 0.1) is 16.7 Å². The minimum atomic E-state index is -2.30. The average molecular weight is 938 g/mol. The highest BCUT2D eigenvalue weighted by Crippen LogP contribution is 2.66. The van der Waals surface area contributed by atoms with Gasteiger partial charge in [-0.1, -0.05) is 69.3 Å². The third-order valence-corrected chi connectivity index (χ3v) is 14.0. The zero-order chi connectivity index (χ0) is 49.4. The predicted molar refractivity (Wildman–Crippen MR) is 239 cm³/mol. The SMILES string of the molecule is CCOC(C)O[C@@H](C(=O)O[C@H]1C[C@@]2(O)[C@@H](OC(=O)c3ccccc3)[C@@H]3[C@]4(OC(C)=O)CO[C@@H]4C[C@H](O)[C@@]3(C)[C@@H](OC)[C@H](OC(C)=O)C(=C1C)C2(C)C)[C@@H](NC(=O)OC(C)(C)C)c1ccccc1. The van der Waals surface area contributed by atoms with E-state index in [0.29, 0.717) is 11.1 Å². The number of ether oxygens (including phenoxy) is 9. The van der Waals surface area contributed by atoms with Gasteiger partial charge in [0.05, 0.1) is 30.2 Å². The van der Waals surface area contributed by atoms with E-state index in [1.165, 1.54) is 21.0 Å². The van der Waals surface area contributed by atoms with Crippen LogP contribution < -0.4 is 5.32 Å². The van der Waals surface area contributed by atoms with Crippen molar-refractivity contribution in [2.75, 3.05) is 20.3 Å². The number of aliphatic hydroxyl groups excluding tert-OH is 1. The molecule has 368 valence electrons. The maximum atomic E-state index is 15.1. The molecule has 0 spiro atoms. The lowest BCUT2D eigenvalue weighted by Gasteiger charge is -2.69. The topological polar surface area (TPSA) is 221 Å². The van der Waals surface area contributed by atoms with Crippen molar-refractivity contribution in [2.24, 2.45) is 16.7 Å². The van der Waals surface area contributed by atoms with Gasteiger partial charge in [-0.15, -0.1) is 0 Å². The second kappa shape index (κ2) is 19.6. The molecule has 17 nitrogen and oxygen atoms in total. The van der Waals surface area contributed by atoms with E-state index >= 15 is 4.79 Å². The van der Waals surface area contributed by atoms with Gasteiger partial charge in [-0.2, -0.15) is 0 Å². The van der Waals surface area contributed by atoms with Crippen molar-refractivity contribution in [3.8, 4) is 0 Å². The molecule has 3 fully saturated rings. The van der Waals surface area contributed by atoms with Gasteiger partial charge in [0.2, 0.25) is 0 Å². The number of methoxy groups -OCH3 is 1. The van der Waals surface area contributed by atoms with E-state index in [9.17, 15) is 29.4 Å². The van der Waals surface area contributed by atoms with Crippen LogP contribution in [0.4, 0.5) is 4.79 Å². The number of alkyl carbamates (subject to hydrolysis) is 1. The molecular weight excluding hydrogens is 871 g/mol. The summed E-state index contributed by atoms with van der Waals surface area (Å²) in [6, 6.07) is 15.5. The van der Waals surface area contributed by atoms with E-state index in [-0.39, 0.29) is 30.8 Å². The summed E-state index contributed by atoms with van der Waals surface area (Å²) in [5.74, 6) is -4.61. The fourth-order valence-electron chi connectivity index (χ4n) is 11.0. The summed E-state index contributed by atoms with van der Waals surface area (Å²) in [6.45, 7) is 17.6. The van der Waals surface area contributed by atoms with Gasteiger partial charge in [0.1, 0.15) is 35.6 Å². The van der Waals surface area contributed by atoms with E-state index in [0.717, 1.165) is 0 Å². The number of benzene rings is 2. The van der Waals surface area contributed by atoms with Crippen molar-refractivity contribution in [3.63, 3.8) is 0 Å². The summed E-state index contributed by atoms with van der Waals surface area (Å²) in [4.78, 5) is 69.7. The molecule has 2 aromatic rings. The molecule has 0 radical (unpaired) electrons. The third kappa shape index (κ3) is 9.73. The van der Waals surface area contributed by atoms with Crippen molar-refractivity contribution in [1.29, 1.82) is 0 Å². The lowest BCUT2D eigenvalue weighted by molar-refractivity contribution is -0.366. The highest BCUT2D eigenvalue weighted by atomic mass is 16.7. The normalized spacial score (nSPS) is 32.2. The minimum absolute atomic E-state index is 0.0617. The second-order valence-electron chi connectivity index (χ2n) is 19.7. The zero-order valence-electron chi connectivity index (χ0n) is 40.5. The Kier molecular flexibility index (Phi) is 15.1. The van der Waals surface area contributed by atoms with Crippen molar-refractivity contribution < 1.29 is 76.8 Å². The zero-order valence-corrected chi connectivity index (χ0v) is 40.5. The number of hydrogen-bond donors (Lipinski definition) is 3. The lowest BCUT2D eigenvalue weighted by Crippen LogP contribution is -2.82. The molecule has 6 rings (SSSR count). The number of esters is 4. The van der Waals surface area contributed by atoms with Crippen molar-refractivity contribution in [1.82, 2.24) is 5.32 Å². The Labute approximate surface area is 392 Å². The van der Waals surface area contributed by atoms with Crippen LogP contribution in [-0.2, 0) is 57.0 Å². The number of amides is 1. The van der Waals surface area contributed by atoms with E-state index in [1.54, 1.807) is 123 Å². The first kappa shape index (κ1) is 51.5. The average Bonchev–Trinajstić information content (AvgIpc) is 3.23. The monoisotopic (exact) mass is 937 g/mol. The van der Waals surface area contributed by atoms with Crippen molar-refractivity contribution in [3.05, 3.63) is 82.9 Å². The maximum Gasteiger partial charge on any atom is 0.408 e. The molecule has 0 aromatic heterocycles. The van der Waals surface area contributed by atoms with E-state index in [4.69, 9.17) is 42.6 Å². The molecule has 1 heterocycles. The first-order chi connectivity index (χ1) is 31.4. The fraction of sp³-hybridized carbons (Fsp3) is 0.620. The molecule has 1 saturated heterocycles. The number of nitrogens with one attached hydrogen (secondary N) is 1. The molecule has 67 heavy (non-hydrogen) atoms. The van der Waals surface area contributed by atoms with Gasteiger partial charge in [0.25, 0.3) is 0 Å². The van der Waals surface area contributed by atoms with Crippen LogP contribution in [0.2, 0.25) is 0 Å². The van der Waals surface area contributed by atoms with Crippen molar-refractivity contribution >= 4 is 30.0 Å². The number of aliphatic hydroxyl groups is 2. The van der Waals surface area contributed by atoms with Crippen LogP contribution in [-0.4, -0.2) is 126 Å². The van der Waals surface area contributed by atoms with E-state index in [2.05, 4.69) is 5.32 Å². The summed E-state index contributed by atoms with van der Waals surface area (Å²) in [7, 11) is 1.38.